The topological polar surface area (TPSA) is 84.1 Å². The van der Waals surface area contributed by atoms with E-state index in [4.69, 9.17) is 11.6 Å². The molecule has 6 rings (SSSR count). The minimum atomic E-state index is -0.141. The van der Waals surface area contributed by atoms with Crippen molar-refractivity contribution in [2.45, 2.75) is 18.9 Å². The molecule has 0 bridgehead atoms. The van der Waals surface area contributed by atoms with Gasteiger partial charge in [0.1, 0.15) is 17.4 Å². The van der Waals surface area contributed by atoms with Gasteiger partial charge < -0.3 is 14.3 Å². The van der Waals surface area contributed by atoms with Gasteiger partial charge in [-0.3, -0.25) is 9.36 Å². The van der Waals surface area contributed by atoms with Crippen molar-refractivity contribution in [2.24, 2.45) is 0 Å². The molecular weight excluding hydrogens is 414 g/mol. The van der Waals surface area contributed by atoms with Gasteiger partial charge in [-0.2, -0.15) is 0 Å². The van der Waals surface area contributed by atoms with E-state index < -0.39 is 0 Å². The molecule has 9 heteroatoms. The molecule has 0 saturated carbocycles. The normalized spacial score (nSPS) is 16.5. The predicted octanol–water partition coefficient (Wildman–Crippen LogP) is 3.75. The van der Waals surface area contributed by atoms with Crippen LogP contribution in [-0.2, 0) is 0 Å². The molecule has 31 heavy (non-hydrogen) atoms. The Morgan fingerprint density at radius 3 is 2.84 bits per heavy atom. The van der Waals surface area contributed by atoms with E-state index in [0.29, 0.717) is 16.2 Å². The SMILES string of the molecule is O=c1c2c(Cl)ccn2cc(C2CCCN2c2ncnc3[nH]cnc23)n1-c1ccccc1. The van der Waals surface area contributed by atoms with Crippen LogP contribution in [0, 0.1) is 0 Å². The highest BCUT2D eigenvalue weighted by molar-refractivity contribution is 6.33. The molecule has 1 unspecified atom stereocenters. The lowest BCUT2D eigenvalue weighted by Gasteiger charge is -2.28. The first kappa shape index (κ1) is 18.1. The van der Waals surface area contributed by atoms with Gasteiger partial charge in [-0.25, -0.2) is 15.0 Å². The second kappa shape index (κ2) is 6.95. The number of hydrogen-bond acceptors (Lipinski definition) is 5. The quantitative estimate of drug-likeness (QED) is 0.470. The van der Waals surface area contributed by atoms with E-state index in [1.54, 1.807) is 23.3 Å². The van der Waals surface area contributed by atoms with Crippen molar-refractivity contribution in [1.29, 1.82) is 0 Å². The van der Waals surface area contributed by atoms with Crippen LogP contribution in [0.4, 0.5) is 5.82 Å². The number of H-pyrrole nitrogens is 1. The summed E-state index contributed by atoms with van der Waals surface area (Å²) >= 11 is 6.35. The smallest absolute Gasteiger partial charge is 0.281 e. The van der Waals surface area contributed by atoms with E-state index >= 15 is 0 Å². The first-order valence-electron chi connectivity index (χ1n) is 10.1. The van der Waals surface area contributed by atoms with E-state index in [9.17, 15) is 4.79 Å². The minimum absolute atomic E-state index is 0.0479. The summed E-state index contributed by atoms with van der Waals surface area (Å²) in [4.78, 5) is 32.1. The monoisotopic (exact) mass is 431 g/mol. The predicted molar refractivity (Wildman–Crippen MR) is 119 cm³/mol. The zero-order chi connectivity index (χ0) is 20.9. The van der Waals surface area contributed by atoms with Gasteiger partial charge in [0.25, 0.3) is 5.56 Å². The van der Waals surface area contributed by atoms with Gasteiger partial charge >= 0.3 is 0 Å². The van der Waals surface area contributed by atoms with Crippen molar-refractivity contribution in [1.82, 2.24) is 28.9 Å². The van der Waals surface area contributed by atoms with Crippen molar-refractivity contribution in [3.63, 3.8) is 0 Å². The third kappa shape index (κ3) is 2.75. The van der Waals surface area contributed by atoms with Gasteiger partial charge in [0, 0.05) is 24.6 Å². The highest BCUT2D eigenvalue weighted by atomic mass is 35.5. The zero-order valence-corrected chi connectivity index (χ0v) is 17.2. The Kier molecular flexibility index (Phi) is 4.07. The molecule has 0 aliphatic carbocycles. The number of fused-ring (bicyclic) bond motifs is 2. The van der Waals surface area contributed by atoms with Crippen LogP contribution in [0.25, 0.3) is 22.4 Å². The molecule has 1 N–H and O–H groups in total. The summed E-state index contributed by atoms with van der Waals surface area (Å²) in [6, 6.07) is 11.4. The zero-order valence-electron chi connectivity index (χ0n) is 16.4. The summed E-state index contributed by atoms with van der Waals surface area (Å²) in [5.41, 5.74) is 3.45. The molecule has 5 aromatic rings. The fourth-order valence-corrected chi connectivity index (χ4v) is 4.77. The molecule has 5 heterocycles. The Labute approximate surface area is 181 Å². The molecule has 1 atom stereocenters. The van der Waals surface area contributed by atoms with E-state index in [2.05, 4.69) is 24.8 Å². The molecule has 0 radical (unpaired) electrons. The Balaban J connectivity index is 1.60. The maximum atomic E-state index is 13.6. The number of hydrogen-bond donors (Lipinski definition) is 1. The molecule has 1 aliphatic rings. The van der Waals surface area contributed by atoms with Crippen LogP contribution in [0.1, 0.15) is 24.6 Å². The first-order valence-corrected chi connectivity index (χ1v) is 10.5. The van der Waals surface area contributed by atoms with Crippen molar-refractivity contribution < 1.29 is 0 Å². The van der Waals surface area contributed by atoms with Crippen LogP contribution in [-0.4, -0.2) is 35.4 Å². The standard InChI is InChI=1S/C22H18ClN7O/c23-15-8-10-28-11-17(30(22(31)19(15)28)14-5-2-1-3-6-14)16-7-4-9-29(16)21-18-20(25-12-24-18)26-13-27-21/h1-3,5-6,8,10-13,16H,4,7,9H2,(H,24,25,26,27). The molecular formula is C22H18ClN7O. The Morgan fingerprint density at radius 2 is 1.97 bits per heavy atom. The molecule has 1 aromatic carbocycles. The van der Waals surface area contributed by atoms with Crippen LogP contribution >= 0.6 is 11.6 Å². The number of rotatable bonds is 3. The summed E-state index contributed by atoms with van der Waals surface area (Å²) in [7, 11) is 0. The lowest BCUT2D eigenvalue weighted by atomic mass is 10.1. The number of halogens is 1. The molecule has 0 amide bonds. The number of nitrogens with one attached hydrogen (secondary N) is 1. The van der Waals surface area contributed by atoms with Gasteiger partial charge in [0.15, 0.2) is 11.5 Å². The summed E-state index contributed by atoms with van der Waals surface area (Å²) in [5, 5.41) is 0.443. The van der Waals surface area contributed by atoms with Gasteiger partial charge in [0.05, 0.1) is 23.1 Å². The van der Waals surface area contributed by atoms with E-state index in [-0.39, 0.29) is 11.6 Å². The van der Waals surface area contributed by atoms with Crippen molar-refractivity contribution in [2.75, 3.05) is 11.4 Å². The fraction of sp³-hybridized carbons (Fsp3) is 0.182. The number of nitrogens with zero attached hydrogens (tertiary/aromatic N) is 6. The molecule has 8 nitrogen and oxygen atoms in total. The second-order valence-corrected chi connectivity index (χ2v) is 8.01. The highest BCUT2D eigenvalue weighted by Crippen LogP contribution is 2.37. The summed E-state index contributed by atoms with van der Waals surface area (Å²) in [5.74, 6) is 0.770. The van der Waals surface area contributed by atoms with E-state index in [1.165, 1.54) is 0 Å². The molecule has 4 aromatic heterocycles. The summed E-state index contributed by atoms with van der Waals surface area (Å²) in [6.45, 7) is 0.817. The maximum Gasteiger partial charge on any atom is 0.281 e. The molecule has 1 aliphatic heterocycles. The van der Waals surface area contributed by atoms with Gasteiger partial charge in [-0.15, -0.1) is 0 Å². The van der Waals surface area contributed by atoms with E-state index in [1.807, 2.05) is 47.1 Å². The molecule has 1 fully saturated rings. The van der Waals surface area contributed by atoms with Crippen LogP contribution in [0.3, 0.4) is 0 Å². The van der Waals surface area contributed by atoms with Crippen LogP contribution in [0.5, 0.6) is 0 Å². The number of benzene rings is 1. The van der Waals surface area contributed by atoms with Crippen LogP contribution in [0.2, 0.25) is 5.02 Å². The Bertz CT molecular complexity index is 1470. The van der Waals surface area contributed by atoms with Crippen molar-refractivity contribution in [3.8, 4) is 5.69 Å². The average Bonchev–Trinajstić information content (AvgIpc) is 3.53. The minimum Gasteiger partial charge on any atom is -0.346 e. The van der Waals surface area contributed by atoms with Crippen molar-refractivity contribution in [3.05, 3.63) is 82.5 Å². The first-order chi connectivity index (χ1) is 15.2. The lowest BCUT2D eigenvalue weighted by Crippen LogP contribution is -2.31. The van der Waals surface area contributed by atoms with Crippen LogP contribution < -0.4 is 10.5 Å². The van der Waals surface area contributed by atoms with Crippen LogP contribution in [0.15, 0.2) is 66.2 Å². The number of para-hydroxylation sites is 1. The van der Waals surface area contributed by atoms with Gasteiger partial charge in [-0.05, 0) is 31.0 Å². The number of anilines is 1. The largest absolute Gasteiger partial charge is 0.346 e. The van der Waals surface area contributed by atoms with Gasteiger partial charge in [0.2, 0.25) is 0 Å². The van der Waals surface area contributed by atoms with E-state index in [0.717, 1.165) is 42.1 Å². The number of aromatic amines is 1. The highest BCUT2D eigenvalue weighted by Gasteiger charge is 2.32. The summed E-state index contributed by atoms with van der Waals surface area (Å²) < 4.78 is 3.59. The Hall–Kier alpha value is -3.65. The average molecular weight is 432 g/mol. The fourth-order valence-electron chi connectivity index (χ4n) is 4.53. The van der Waals surface area contributed by atoms with Crippen molar-refractivity contribution >= 4 is 34.1 Å². The van der Waals surface area contributed by atoms with Gasteiger partial charge in [-0.1, -0.05) is 29.8 Å². The third-order valence-electron chi connectivity index (χ3n) is 5.88. The summed E-state index contributed by atoms with van der Waals surface area (Å²) in [6.07, 6.45) is 8.87. The molecule has 0 spiro atoms. The molecule has 154 valence electrons. The number of aromatic nitrogens is 6. The molecule has 1 saturated heterocycles. The third-order valence-corrected chi connectivity index (χ3v) is 6.18. The maximum absolute atomic E-state index is 13.6. The lowest BCUT2D eigenvalue weighted by molar-refractivity contribution is 0.652. The number of imidazole rings is 1. The second-order valence-electron chi connectivity index (χ2n) is 7.60. The Morgan fingerprint density at radius 1 is 1.10 bits per heavy atom.